The molecule has 6 nitrogen and oxygen atoms in total. The fourth-order valence-electron chi connectivity index (χ4n) is 12.1. The van der Waals surface area contributed by atoms with Crippen LogP contribution in [-0.2, 0) is 14.3 Å². The molecule has 0 radical (unpaired) electrons. The molecule has 0 spiro atoms. The van der Waals surface area contributed by atoms with Gasteiger partial charge in [0, 0.05) is 12.8 Å². The van der Waals surface area contributed by atoms with E-state index < -0.39 is 12.1 Å². The highest BCUT2D eigenvalue weighted by Gasteiger charge is 2.18. The maximum atomic E-state index is 12.5. The Bertz CT molecular complexity index is 1360. The number of hydrogen-bond donors (Lipinski definition) is 3. The average Bonchev–Trinajstić information content (AvgIpc) is 3.51. The summed E-state index contributed by atoms with van der Waals surface area (Å²) >= 11 is 0. The summed E-state index contributed by atoms with van der Waals surface area (Å²) in [6.07, 6.45) is 95.4. The fourth-order valence-corrected chi connectivity index (χ4v) is 12.1. The number of aliphatic hydroxyl groups excluding tert-OH is 2. The molecule has 3 N–H and O–H groups in total. The van der Waals surface area contributed by atoms with Crippen molar-refractivity contribution in [3.8, 4) is 0 Å². The molecular formula is C78H149NO5. The molecule has 2 atom stereocenters. The van der Waals surface area contributed by atoms with Gasteiger partial charge in [-0.2, -0.15) is 0 Å². The minimum Gasteiger partial charge on any atom is -0.466 e. The molecule has 0 saturated carbocycles. The molecule has 0 fully saturated rings. The summed E-state index contributed by atoms with van der Waals surface area (Å²) in [6, 6.07) is -0.625. The van der Waals surface area contributed by atoms with E-state index in [1.54, 1.807) is 6.08 Å². The molecule has 0 bridgehead atoms. The lowest BCUT2D eigenvalue weighted by Crippen LogP contribution is -2.45. The molecule has 1 amide bonds. The normalized spacial score (nSPS) is 12.7. The predicted molar refractivity (Wildman–Crippen MR) is 370 cm³/mol. The van der Waals surface area contributed by atoms with Gasteiger partial charge in [0.25, 0.3) is 0 Å². The van der Waals surface area contributed by atoms with Gasteiger partial charge in [0.05, 0.1) is 25.4 Å². The third kappa shape index (κ3) is 69.2. The van der Waals surface area contributed by atoms with Crippen molar-refractivity contribution in [3.63, 3.8) is 0 Å². The molecule has 84 heavy (non-hydrogen) atoms. The van der Waals surface area contributed by atoms with Gasteiger partial charge in [-0.3, -0.25) is 9.59 Å². The monoisotopic (exact) mass is 1180 g/mol. The molecule has 0 heterocycles. The van der Waals surface area contributed by atoms with Crippen molar-refractivity contribution < 1.29 is 24.5 Å². The van der Waals surface area contributed by atoms with Crippen molar-refractivity contribution in [2.75, 3.05) is 13.2 Å². The van der Waals surface area contributed by atoms with Gasteiger partial charge in [0.15, 0.2) is 0 Å². The van der Waals surface area contributed by atoms with Crippen LogP contribution in [0, 0.1) is 0 Å². The van der Waals surface area contributed by atoms with Crippen molar-refractivity contribution in [2.24, 2.45) is 0 Å². The van der Waals surface area contributed by atoms with Gasteiger partial charge in [0.2, 0.25) is 5.91 Å². The van der Waals surface area contributed by atoms with E-state index >= 15 is 0 Å². The number of nitrogens with one attached hydrogen (secondary N) is 1. The smallest absolute Gasteiger partial charge is 0.305 e. The third-order valence-electron chi connectivity index (χ3n) is 17.9. The lowest BCUT2D eigenvalue weighted by Gasteiger charge is -2.20. The number of amides is 1. The van der Waals surface area contributed by atoms with Crippen molar-refractivity contribution in [1.29, 1.82) is 0 Å². The molecule has 0 aromatic heterocycles. The number of carbonyl (C=O) groups is 2. The van der Waals surface area contributed by atoms with Gasteiger partial charge in [-0.1, -0.05) is 391 Å². The van der Waals surface area contributed by atoms with E-state index in [2.05, 4.69) is 43.5 Å². The summed E-state index contributed by atoms with van der Waals surface area (Å²) in [7, 11) is 0. The van der Waals surface area contributed by atoms with Gasteiger partial charge >= 0.3 is 5.97 Å². The molecule has 0 aliphatic rings. The number of unbranched alkanes of at least 4 members (excludes halogenated alkanes) is 57. The number of aliphatic hydroxyl groups is 2. The van der Waals surface area contributed by atoms with E-state index in [4.69, 9.17) is 4.74 Å². The molecule has 0 aromatic rings. The van der Waals surface area contributed by atoms with E-state index in [1.807, 2.05) is 6.08 Å². The van der Waals surface area contributed by atoms with Gasteiger partial charge in [-0.25, -0.2) is 0 Å². The van der Waals surface area contributed by atoms with Crippen LogP contribution in [0.15, 0.2) is 36.5 Å². The van der Waals surface area contributed by atoms with Crippen LogP contribution in [0.1, 0.15) is 425 Å². The lowest BCUT2D eigenvalue weighted by molar-refractivity contribution is -0.143. The van der Waals surface area contributed by atoms with E-state index in [0.717, 1.165) is 51.4 Å². The summed E-state index contributed by atoms with van der Waals surface area (Å²) < 4.78 is 5.49. The third-order valence-corrected chi connectivity index (χ3v) is 17.9. The molecule has 2 unspecified atom stereocenters. The van der Waals surface area contributed by atoms with E-state index in [9.17, 15) is 19.8 Å². The number of ether oxygens (including phenoxy) is 1. The van der Waals surface area contributed by atoms with Gasteiger partial charge in [0.1, 0.15) is 0 Å². The largest absolute Gasteiger partial charge is 0.466 e. The van der Waals surface area contributed by atoms with Crippen molar-refractivity contribution >= 4 is 11.9 Å². The minimum atomic E-state index is -0.842. The van der Waals surface area contributed by atoms with Crippen LogP contribution < -0.4 is 5.32 Å². The standard InChI is InChI=1S/C78H149NO5/c1-3-5-7-9-11-13-15-17-19-20-21-34-37-40-43-46-50-54-58-62-66-70-76(81)75(74-80)79-77(82)71-67-63-59-55-51-47-44-41-38-35-32-30-28-26-24-22-23-25-27-29-31-33-36-39-42-45-49-53-57-61-65-69-73-84-78(83)72-68-64-60-56-52-48-18-16-14-12-10-8-6-4-2/h10,12,16,18,66,70,75-76,80-81H,3-9,11,13-15,17,19-65,67-69,71-74H2,1-2H3,(H,79,82)/b12-10-,18-16-,70-66+. The Morgan fingerprint density at radius 3 is 0.940 bits per heavy atom. The Balaban J connectivity index is 3.35. The fraction of sp³-hybridized carbons (Fsp3) is 0.897. The second-order valence-corrected chi connectivity index (χ2v) is 26.3. The maximum Gasteiger partial charge on any atom is 0.305 e. The van der Waals surface area contributed by atoms with Crippen molar-refractivity contribution in [1.82, 2.24) is 5.32 Å². The first-order chi connectivity index (χ1) is 41.5. The van der Waals surface area contributed by atoms with Gasteiger partial charge in [-0.05, 0) is 57.8 Å². The Morgan fingerprint density at radius 1 is 0.333 bits per heavy atom. The molecule has 0 saturated heterocycles. The summed E-state index contributed by atoms with van der Waals surface area (Å²) in [4.78, 5) is 24.6. The van der Waals surface area contributed by atoms with E-state index in [0.29, 0.717) is 19.4 Å². The van der Waals surface area contributed by atoms with Crippen LogP contribution in [-0.4, -0.2) is 47.4 Å². The number of allylic oxidation sites excluding steroid dienone is 5. The summed E-state index contributed by atoms with van der Waals surface area (Å²) in [5, 5.41) is 23.3. The van der Waals surface area contributed by atoms with Gasteiger partial charge in [-0.15, -0.1) is 0 Å². The Labute approximate surface area is 525 Å². The van der Waals surface area contributed by atoms with Crippen LogP contribution in [0.3, 0.4) is 0 Å². The molecule has 0 rings (SSSR count). The quantitative estimate of drug-likeness (QED) is 0.0320. The molecule has 0 aromatic carbocycles. The number of hydrogen-bond acceptors (Lipinski definition) is 5. The summed E-state index contributed by atoms with van der Waals surface area (Å²) in [6.45, 7) is 4.90. The minimum absolute atomic E-state index is 0.00678. The molecule has 6 heteroatoms. The number of esters is 1. The van der Waals surface area contributed by atoms with Crippen molar-refractivity contribution in [3.05, 3.63) is 36.5 Å². The number of carbonyl (C=O) groups excluding carboxylic acids is 2. The molecular weight excluding hydrogens is 1030 g/mol. The van der Waals surface area contributed by atoms with Crippen molar-refractivity contribution in [2.45, 2.75) is 437 Å². The van der Waals surface area contributed by atoms with E-state index in [-0.39, 0.29) is 18.5 Å². The zero-order chi connectivity index (χ0) is 60.6. The zero-order valence-electron chi connectivity index (χ0n) is 56.9. The highest BCUT2D eigenvalue weighted by molar-refractivity contribution is 5.76. The SMILES string of the molecule is CCCC/C=C\C/C=C\CCCCCCCC(=O)OCCCCCCCCCCCCCCCCCCCCCCCCCCCCCCCCCCC(=O)NC(CO)C(O)/C=C/CCCCCCCCCCCCCCCCCCCCC. The van der Waals surface area contributed by atoms with Crippen LogP contribution in [0.25, 0.3) is 0 Å². The van der Waals surface area contributed by atoms with Gasteiger partial charge < -0.3 is 20.3 Å². The van der Waals surface area contributed by atoms with E-state index in [1.165, 1.54) is 347 Å². The molecule has 496 valence electrons. The Kier molecular flexibility index (Phi) is 71.9. The number of rotatable bonds is 72. The highest BCUT2D eigenvalue weighted by Crippen LogP contribution is 2.20. The topological polar surface area (TPSA) is 95.9 Å². The molecule has 0 aliphatic carbocycles. The van der Waals surface area contributed by atoms with Crippen LogP contribution in [0.2, 0.25) is 0 Å². The average molecular weight is 1180 g/mol. The second-order valence-electron chi connectivity index (χ2n) is 26.3. The first kappa shape index (κ1) is 82.1. The Hall–Kier alpha value is -1.92. The van der Waals surface area contributed by atoms with Crippen LogP contribution in [0.4, 0.5) is 0 Å². The zero-order valence-corrected chi connectivity index (χ0v) is 56.9. The first-order valence-corrected chi connectivity index (χ1v) is 38.3. The summed E-state index contributed by atoms with van der Waals surface area (Å²) in [5.74, 6) is -0.0524. The maximum absolute atomic E-state index is 12.5. The Morgan fingerprint density at radius 2 is 0.607 bits per heavy atom. The predicted octanol–water partition coefficient (Wildman–Crippen LogP) is 25.0. The lowest BCUT2D eigenvalue weighted by atomic mass is 10.0. The first-order valence-electron chi connectivity index (χ1n) is 38.3. The van der Waals surface area contributed by atoms with Crippen LogP contribution in [0.5, 0.6) is 0 Å². The highest BCUT2D eigenvalue weighted by atomic mass is 16.5. The van der Waals surface area contributed by atoms with Crippen LogP contribution >= 0.6 is 0 Å². The summed E-state index contributed by atoms with van der Waals surface area (Å²) in [5.41, 5.74) is 0. The molecule has 0 aliphatic heterocycles. The second kappa shape index (κ2) is 73.5.